The Bertz CT molecular complexity index is 325. The zero-order valence-corrected chi connectivity index (χ0v) is 8.38. The van der Waals surface area contributed by atoms with E-state index in [9.17, 15) is 9.18 Å². The molecule has 0 bridgehead atoms. The highest BCUT2D eigenvalue weighted by Crippen LogP contribution is 2.19. The van der Waals surface area contributed by atoms with Crippen LogP contribution >= 0.6 is 0 Å². The predicted octanol–water partition coefficient (Wildman–Crippen LogP) is 2.07. The number of ketones is 1. The van der Waals surface area contributed by atoms with Crippen LogP contribution < -0.4 is 5.32 Å². The number of Topliss-reactive ketones (excluding diaryl/α,β-unsaturated/α-hetero) is 1. The van der Waals surface area contributed by atoms with Crippen LogP contribution in [0.5, 0.6) is 0 Å². The summed E-state index contributed by atoms with van der Waals surface area (Å²) in [6, 6.07) is 6.27. The lowest BCUT2D eigenvalue weighted by Crippen LogP contribution is -2.20. The minimum Gasteiger partial charge on any atom is -0.313 e. The number of hydrogen-bond acceptors (Lipinski definition) is 2. The van der Waals surface area contributed by atoms with E-state index in [1.165, 1.54) is 13.0 Å². The summed E-state index contributed by atoms with van der Waals surface area (Å²) in [4.78, 5) is 10.9. The van der Waals surface area contributed by atoms with Gasteiger partial charge in [0.2, 0.25) is 0 Å². The van der Waals surface area contributed by atoms with Gasteiger partial charge in [0, 0.05) is 18.0 Å². The molecule has 0 saturated heterocycles. The van der Waals surface area contributed by atoms with Crippen LogP contribution in [0.3, 0.4) is 0 Å². The normalized spacial score (nSPS) is 12.5. The van der Waals surface area contributed by atoms with Gasteiger partial charge >= 0.3 is 0 Å². The fourth-order valence-electron chi connectivity index (χ4n) is 1.41. The quantitative estimate of drug-likeness (QED) is 0.796. The number of benzene rings is 1. The summed E-state index contributed by atoms with van der Waals surface area (Å²) in [5, 5.41) is 2.93. The van der Waals surface area contributed by atoms with E-state index in [1.54, 1.807) is 25.2 Å². The zero-order valence-electron chi connectivity index (χ0n) is 8.38. The molecule has 0 heterocycles. The summed E-state index contributed by atoms with van der Waals surface area (Å²) in [5.74, 6) is -0.222. The van der Waals surface area contributed by atoms with Gasteiger partial charge in [0.25, 0.3) is 0 Å². The second kappa shape index (κ2) is 4.86. The monoisotopic (exact) mass is 195 g/mol. The first kappa shape index (κ1) is 10.9. The van der Waals surface area contributed by atoms with Crippen molar-refractivity contribution in [3.8, 4) is 0 Å². The molecule has 1 N–H and O–H groups in total. The van der Waals surface area contributed by atoms with Crippen LogP contribution in [0.1, 0.15) is 24.9 Å². The number of halogens is 1. The number of rotatable bonds is 4. The minimum atomic E-state index is -0.270. The van der Waals surface area contributed by atoms with Gasteiger partial charge in [-0.3, -0.25) is 4.79 Å². The van der Waals surface area contributed by atoms with Gasteiger partial charge in [-0.15, -0.1) is 0 Å². The lowest BCUT2D eigenvalue weighted by atomic mass is 10.0. The minimum absolute atomic E-state index is 0.0487. The van der Waals surface area contributed by atoms with Crippen LogP contribution in [-0.2, 0) is 4.79 Å². The molecule has 0 aliphatic carbocycles. The van der Waals surface area contributed by atoms with Gasteiger partial charge in [-0.2, -0.15) is 0 Å². The Morgan fingerprint density at radius 3 is 2.64 bits per heavy atom. The molecule has 0 aliphatic rings. The van der Waals surface area contributed by atoms with E-state index in [1.807, 2.05) is 0 Å². The molecule has 0 aromatic heterocycles. The highest BCUT2D eigenvalue weighted by Gasteiger charge is 2.14. The van der Waals surface area contributed by atoms with Gasteiger partial charge in [0.15, 0.2) is 0 Å². The second-order valence-corrected chi connectivity index (χ2v) is 3.27. The third kappa shape index (κ3) is 2.64. The van der Waals surface area contributed by atoms with Crippen molar-refractivity contribution >= 4 is 5.78 Å². The Kier molecular flexibility index (Phi) is 3.77. The maximum absolute atomic E-state index is 13.3. The maximum Gasteiger partial charge on any atom is 0.131 e. The summed E-state index contributed by atoms with van der Waals surface area (Å²) >= 11 is 0. The lowest BCUT2D eigenvalue weighted by Gasteiger charge is -2.15. The Balaban J connectivity index is 2.89. The van der Waals surface area contributed by atoms with Gasteiger partial charge in [-0.25, -0.2) is 4.39 Å². The zero-order chi connectivity index (χ0) is 10.6. The predicted molar refractivity (Wildman–Crippen MR) is 53.5 cm³/mol. The highest BCUT2D eigenvalue weighted by molar-refractivity contribution is 5.76. The van der Waals surface area contributed by atoms with E-state index in [-0.39, 0.29) is 17.6 Å². The van der Waals surface area contributed by atoms with Crippen LogP contribution in [0.15, 0.2) is 24.3 Å². The number of carbonyl (C=O) groups excluding carboxylic acids is 1. The average molecular weight is 195 g/mol. The second-order valence-electron chi connectivity index (χ2n) is 3.27. The van der Waals surface area contributed by atoms with Crippen molar-refractivity contribution < 1.29 is 9.18 Å². The fraction of sp³-hybridized carbons (Fsp3) is 0.364. The van der Waals surface area contributed by atoms with Crippen molar-refractivity contribution in [3.63, 3.8) is 0 Å². The Morgan fingerprint density at radius 2 is 2.14 bits per heavy atom. The third-order valence-electron chi connectivity index (χ3n) is 2.12. The van der Waals surface area contributed by atoms with Crippen LogP contribution in [0.2, 0.25) is 0 Å². The van der Waals surface area contributed by atoms with Gasteiger partial charge < -0.3 is 5.32 Å². The molecule has 0 aliphatic heterocycles. The number of nitrogens with one attached hydrogen (secondary N) is 1. The van der Waals surface area contributed by atoms with Gasteiger partial charge in [0.1, 0.15) is 11.6 Å². The molecule has 3 heteroatoms. The van der Waals surface area contributed by atoms with Gasteiger partial charge in [-0.1, -0.05) is 18.2 Å². The van der Waals surface area contributed by atoms with E-state index < -0.39 is 0 Å². The standard InChI is InChI=1S/C11H14FNO/c1-8(14)7-11(13-2)9-5-3-4-6-10(9)12/h3-6,11,13H,7H2,1-2H3. The average Bonchev–Trinajstić information content (AvgIpc) is 2.15. The van der Waals surface area contributed by atoms with E-state index in [0.29, 0.717) is 12.0 Å². The molecule has 0 radical (unpaired) electrons. The molecule has 0 spiro atoms. The summed E-state index contributed by atoms with van der Waals surface area (Å²) in [6.07, 6.45) is 0.317. The third-order valence-corrected chi connectivity index (χ3v) is 2.12. The molecule has 76 valence electrons. The molecule has 1 atom stereocenters. The van der Waals surface area contributed by atoms with Gasteiger partial charge in [0.05, 0.1) is 0 Å². The molecule has 0 fully saturated rings. The SMILES string of the molecule is CNC(CC(C)=O)c1ccccc1F. The first-order valence-electron chi connectivity index (χ1n) is 4.56. The van der Waals surface area contributed by atoms with E-state index in [2.05, 4.69) is 5.32 Å². The highest BCUT2D eigenvalue weighted by atomic mass is 19.1. The Labute approximate surface area is 83.1 Å². The van der Waals surface area contributed by atoms with E-state index in [4.69, 9.17) is 0 Å². The van der Waals surface area contributed by atoms with E-state index >= 15 is 0 Å². The molecule has 1 aromatic carbocycles. The first-order valence-corrected chi connectivity index (χ1v) is 4.56. The maximum atomic E-state index is 13.3. The summed E-state index contributed by atoms with van der Waals surface area (Å²) in [6.45, 7) is 1.51. The molecule has 14 heavy (non-hydrogen) atoms. The van der Waals surface area contributed by atoms with Crippen LogP contribution in [0, 0.1) is 5.82 Å². The molecular weight excluding hydrogens is 181 g/mol. The topological polar surface area (TPSA) is 29.1 Å². The van der Waals surface area contributed by atoms with Crippen molar-refractivity contribution in [2.45, 2.75) is 19.4 Å². The molecule has 1 aromatic rings. The summed E-state index contributed by atoms with van der Waals surface area (Å²) in [5.41, 5.74) is 0.546. The van der Waals surface area contributed by atoms with Crippen LogP contribution in [0.25, 0.3) is 0 Å². The first-order chi connectivity index (χ1) is 6.65. The fourth-order valence-corrected chi connectivity index (χ4v) is 1.41. The number of hydrogen-bond donors (Lipinski definition) is 1. The molecular formula is C11H14FNO. The van der Waals surface area contributed by atoms with Crippen molar-refractivity contribution in [3.05, 3.63) is 35.6 Å². The summed E-state index contributed by atoms with van der Waals surface area (Å²) < 4.78 is 13.3. The summed E-state index contributed by atoms with van der Waals surface area (Å²) in [7, 11) is 1.72. The van der Waals surface area contributed by atoms with Crippen LogP contribution in [0.4, 0.5) is 4.39 Å². The molecule has 0 amide bonds. The Morgan fingerprint density at radius 1 is 1.50 bits per heavy atom. The molecule has 2 nitrogen and oxygen atoms in total. The molecule has 1 rings (SSSR count). The van der Waals surface area contributed by atoms with Crippen molar-refractivity contribution in [2.24, 2.45) is 0 Å². The molecule has 0 saturated carbocycles. The van der Waals surface area contributed by atoms with Gasteiger partial charge in [-0.05, 0) is 20.0 Å². The smallest absolute Gasteiger partial charge is 0.131 e. The lowest BCUT2D eigenvalue weighted by molar-refractivity contribution is -0.117. The van der Waals surface area contributed by atoms with Crippen molar-refractivity contribution in [1.29, 1.82) is 0 Å². The molecule has 1 unspecified atom stereocenters. The van der Waals surface area contributed by atoms with Crippen molar-refractivity contribution in [1.82, 2.24) is 5.32 Å². The van der Waals surface area contributed by atoms with Crippen LogP contribution in [-0.4, -0.2) is 12.8 Å². The van der Waals surface area contributed by atoms with E-state index in [0.717, 1.165) is 0 Å². The number of carbonyl (C=O) groups is 1. The Hall–Kier alpha value is -1.22. The largest absolute Gasteiger partial charge is 0.313 e. The van der Waals surface area contributed by atoms with Crippen molar-refractivity contribution in [2.75, 3.05) is 7.05 Å².